The van der Waals surface area contributed by atoms with Gasteiger partial charge in [0.15, 0.2) is 0 Å². The summed E-state index contributed by atoms with van der Waals surface area (Å²) in [6.45, 7) is 7.30. The molecular weight excluding hydrogens is 276 g/mol. The fourth-order valence-corrected chi connectivity index (χ4v) is 2.58. The topological polar surface area (TPSA) is 41.6 Å². The van der Waals surface area contributed by atoms with Crippen LogP contribution < -0.4 is 5.32 Å². The number of esters is 1. The van der Waals surface area contributed by atoms with E-state index in [9.17, 15) is 4.79 Å². The van der Waals surface area contributed by atoms with Gasteiger partial charge in [-0.3, -0.25) is 9.69 Å². The Morgan fingerprint density at radius 3 is 3.05 bits per heavy atom. The maximum Gasteiger partial charge on any atom is 0.324 e. The molecule has 1 saturated heterocycles. The molecule has 5 heteroatoms. The van der Waals surface area contributed by atoms with Crippen LogP contribution in [0.1, 0.15) is 18.1 Å². The number of carbonyl (C=O) groups is 1. The summed E-state index contributed by atoms with van der Waals surface area (Å²) in [4.78, 5) is 14.1. The predicted molar refractivity (Wildman–Crippen MR) is 79.9 cm³/mol. The lowest BCUT2D eigenvalue weighted by molar-refractivity contribution is -0.150. The van der Waals surface area contributed by atoms with Crippen molar-refractivity contribution in [3.63, 3.8) is 0 Å². The first-order valence-electron chi connectivity index (χ1n) is 6.98. The molecule has 0 amide bonds. The molecule has 1 N–H and O–H groups in total. The monoisotopic (exact) mass is 296 g/mol. The number of rotatable bonds is 4. The molecule has 1 heterocycles. The van der Waals surface area contributed by atoms with Crippen molar-refractivity contribution >= 4 is 17.6 Å². The van der Waals surface area contributed by atoms with Gasteiger partial charge in [0.05, 0.1) is 6.61 Å². The number of piperazine rings is 1. The van der Waals surface area contributed by atoms with E-state index < -0.39 is 0 Å². The molecule has 1 atom stereocenters. The first kappa shape index (κ1) is 15.3. The summed E-state index contributed by atoms with van der Waals surface area (Å²) in [5.74, 6) is -0.155. The Kier molecular flexibility index (Phi) is 5.40. The van der Waals surface area contributed by atoms with Crippen LogP contribution in [0, 0.1) is 6.92 Å². The van der Waals surface area contributed by atoms with Crippen molar-refractivity contribution < 1.29 is 9.53 Å². The van der Waals surface area contributed by atoms with E-state index in [4.69, 9.17) is 16.3 Å². The van der Waals surface area contributed by atoms with E-state index in [0.29, 0.717) is 19.7 Å². The van der Waals surface area contributed by atoms with Crippen LogP contribution in [0.15, 0.2) is 18.2 Å². The smallest absolute Gasteiger partial charge is 0.324 e. The second-order valence-electron chi connectivity index (χ2n) is 5.03. The van der Waals surface area contributed by atoms with Crippen molar-refractivity contribution in [1.29, 1.82) is 0 Å². The number of carbonyl (C=O) groups excluding carboxylic acids is 1. The molecule has 0 spiro atoms. The van der Waals surface area contributed by atoms with E-state index in [-0.39, 0.29) is 12.0 Å². The van der Waals surface area contributed by atoms with Gasteiger partial charge in [0.1, 0.15) is 6.04 Å². The Balaban J connectivity index is 2.08. The third-order valence-electron chi connectivity index (χ3n) is 3.53. The molecule has 0 radical (unpaired) electrons. The molecule has 1 aromatic rings. The highest BCUT2D eigenvalue weighted by Gasteiger charge is 2.29. The van der Waals surface area contributed by atoms with Crippen LogP contribution in [0.4, 0.5) is 0 Å². The zero-order valence-electron chi connectivity index (χ0n) is 12.0. The normalized spacial score (nSPS) is 19.9. The molecule has 110 valence electrons. The molecule has 1 unspecified atom stereocenters. The minimum absolute atomic E-state index is 0.155. The fraction of sp³-hybridized carbons (Fsp3) is 0.533. The second-order valence-corrected chi connectivity index (χ2v) is 5.43. The number of halogens is 1. The van der Waals surface area contributed by atoms with Gasteiger partial charge in [-0.2, -0.15) is 0 Å². The molecule has 2 rings (SSSR count). The third kappa shape index (κ3) is 3.72. The average molecular weight is 297 g/mol. The van der Waals surface area contributed by atoms with Gasteiger partial charge in [0.2, 0.25) is 0 Å². The first-order chi connectivity index (χ1) is 9.61. The summed E-state index contributed by atoms with van der Waals surface area (Å²) in [5.41, 5.74) is 2.19. The standard InChI is InChI=1S/C15H21ClN2O2/c1-3-20-15(19)14-9-17-6-7-18(14)10-12-5-4-11(2)13(16)8-12/h4-5,8,14,17H,3,6-7,9-10H2,1-2H3. The lowest BCUT2D eigenvalue weighted by Gasteiger charge is -2.34. The van der Waals surface area contributed by atoms with E-state index in [0.717, 1.165) is 29.2 Å². The number of hydrogen-bond donors (Lipinski definition) is 1. The molecule has 1 aliphatic rings. The van der Waals surface area contributed by atoms with E-state index in [2.05, 4.69) is 16.3 Å². The Labute approximate surface area is 125 Å². The van der Waals surface area contributed by atoms with Crippen molar-refractivity contribution in [3.8, 4) is 0 Å². The molecule has 1 aliphatic heterocycles. The van der Waals surface area contributed by atoms with E-state index in [1.165, 1.54) is 0 Å². The average Bonchev–Trinajstić information content (AvgIpc) is 2.44. The maximum atomic E-state index is 12.0. The summed E-state index contributed by atoms with van der Waals surface area (Å²) >= 11 is 6.16. The molecule has 4 nitrogen and oxygen atoms in total. The predicted octanol–water partition coefficient (Wildman–Crippen LogP) is 1.99. The number of benzene rings is 1. The zero-order chi connectivity index (χ0) is 14.5. The molecule has 1 fully saturated rings. The van der Waals surface area contributed by atoms with Crippen LogP contribution in [0.3, 0.4) is 0 Å². The van der Waals surface area contributed by atoms with Crippen molar-refractivity contribution in [1.82, 2.24) is 10.2 Å². The Morgan fingerprint density at radius 1 is 1.55 bits per heavy atom. The molecule has 1 aromatic carbocycles. The lowest BCUT2D eigenvalue weighted by Crippen LogP contribution is -2.54. The Morgan fingerprint density at radius 2 is 2.35 bits per heavy atom. The minimum Gasteiger partial charge on any atom is -0.465 e. The van der Waals surface area contributed by atoms with Gasteiger partial charge in [-0.05, 0) is 31.0 Å². The largest absolute Gasteiger partial charge is 0.465 e. The number of nitrogens with one attached hydrogen (secondary N) is 1. The SMILES string of the molecule is CCOC(=O)C1CNCCN1Cc1ccc(C)c(Cl)c1. The quantitative estimate of drug-likeness (QED) is 0.863. The molecular formula is C15H21ClN2O2. The summed E-state index contributed by atoms with van der Waals surface area (Å²) in [7, 11) is 0. The van der Waals surface area contributed by atoms with E-state index in [1.54, 1.807) is 0 Å². The third-order valence-corrected chi connectivity index (χ3v) is 3.94. The van der Waals surface area contributed by atoms with Crippen LogP contribution in [0.25, 0.3) is 0 Å². The van der Waals surface area contributed by atoms with Gasteiger partial charge >= 0.3 is 5.97 Å². The van der Waals surface area contributed by atoms with Crippen molar-refractivity contribution in [2.24, 2.45) is 0 Å². The van der Waals surface area contributed by atoms with E-state index >= 15 is 0 Å². The van der Waals surface area contributed by atoms with Crippen molar-refractivity contribution in [3.05, 3.63) is 34.3 Å². The van der Waals surface area contributed by atoms with E-state index in [1.807, 2.05) is 26.0 Å². The number of ether oxygens (including phenoxy) is 1. The number of aryl methyl sites for hydroxylation is 1. The van der Waals surface area contributed by atoms with Gasteiger partial charge in [-0.25, -0.2) is 0 Å². The fourth-order valence-electron chi connectivity index (χ4n) is 2.38. The summed E-state index contributed by atoms with van der Waals surface area (Å²) < 4.78 is 5.15. The highest BCUT2D eigenvalue weighted by atomic mass is 35.5. The molecule has 0 aromatic heterocycles. The van der Waals surface area contributed by atoms with Gasteiger partial charge in [-0.1, -0.05) is 23.7 Å². The van der Waals surface area contributed by atoms with Crippen LogP contribution in [-0.2, 0) is 16.1 Å². The number of nitrogens with zero attached hydrogens (tertiary/aromatic N) is 1. The van der Waals surface area contributed by atoms with Crippen LogP contribution >= 0.6 is 11.6 Å². The molecule has 0 bridgehead atoms. The summed E-state index contributed by atoms with van der Waals surface area (Å²) in [5, 5.41) is 4.01. The highest BCUT2D eigenvalue weighted by Crippen LogP contribution is 2.19. The zero-order valence-corrected chi connectivity index (χ0v) is 12.7. The Hall–Kier alpha value is -1.10. The maximum absolute atomic E-state index is 12.0. The van der Waals surface area contributed by atoms with Crippen LogP contribution in [0.5, 0.6) is 0 Å². The summed E-state index contributed by atoms with van der Waals surface area (Å²) in [6, 6.07) is 5.83. The van der Waals surface area contributed by atoms with Crippen LogP contribution in [0.2, 0.25) is 5.02 Å². The van der Waals surface area contributed by atoms with Gasteiger partial charge < -0.3 is 10.1 Å². The van der Waals surface area contributed by atoms with Crippen LogP contribution in [-0.4, -0.2) is 43.2 Å². The second kappa shape index (κ2) is 7.07. The Bertz CT molecular complexity index is 479. The minimum atomic E-state index is -0.219. The van der Waals surface area contributed by atoms with Gasteiger partial charge in [0.25, 0.3) is 0 Å². The molecule has 0 saturated carbocycles. The van der Waals surface area contributed by atoms with Gasteiger partial charge in [-0.15, -0.1) is 0 Å². The summed E-state index contributed by atoms with van der Waals surface area (Å²) in [6.07, 6.45) is 0. The molecule has 20 heavy (non-hydrogen) atoms. The number of hydrogen-bond acceptors (Lipinski definition) is 4. The lowest BCUT2D eigenvalue weighted by atomic mass is 10.1. The first-order valence-corrected chi connectivity index (χ1v) is 7.36. The van der Waals surface area contributed by atoms with Crippen molar-refractivity contribution in [2.75, 3.05) is 26.2 Å². The molecule has 0 aliphatic carbocycles. The van der Waals surface area contributed by atoms with Gasteiger partial charge in [0, 0.05) is 31.2 Å². The van der Waals surface area contributed by atoms with Crippen molar-refractivity contribution in [2.45, 2.75) is 26.4 Å². The highest BCUT2D eigenvalue weighted by molar-refractivity contribution is 6.31.